The van der Waals surface area contributed by atoms with Crippen molar-refractivity contribution < 1.29 is 14.4 Å². The van der Waals surface area contributed by atoms with Crippen LogP contribution >= 0.6 is 0 Å². The lowest BCUT2D eigenvalue weighted by molar-refractivity contribution is -0.146. The molecule has 1 N–H and O–H groups in total. The fourth-order valence-electron chi connectivity index (χ4n) is 4.04. The van der Waals surface area contributed by atoms with Crippen LogP contribution < -0.4 is 0 Å². The molecule has 1 aromatic heterocycles. The molecule has 0 spiro atoms. The predicted molar refractivity (Wildman–Crippen MR) is 94.7 cm³/mol. The van der Waals surface area contributed by atoms with Crippen molar-refractivity contribution in [1.82, 2.24) is 19.8 Å². The number of aromatic amines is 1. The number of hydrogen-bond acceptors (Lipinski definition) is 4. The number of likely N-dealkylation sites (tertiary alicyclic amines) is 1. The lowest BCUT2D eigenvalue weighted by Crippen LogP contribution is -2.41. The van der Waals surface area contributed by atoms with E-state index in [1.807, 2.05) is 24.3 Å². The third-order valence-electron chi connectivity index (χ3n) is 5.48. The Labute approximate surface area is 151 Å². The average Bonchev–Trinajstić information content (AvgIpc) is 3.16. The molecular formula is C19H22N4O3. The zero-order chi connectivity index (χ0) is 18.3. The van der Waals surface area contributed by atoms with E-state index < -0.39 is 0 Å². The Morgan fingerprint density at radius 1 is 1.19 bits per heavy atom. The van der Waals surface area contributed by atoms with Crippen LogP contribution in [0.5, 0.6) is 0 Å². The first-order chi connectivity index (χ1) is 12.5. The van der Waals surface area contributed by atoms with Gasteiger partial charge in [-0.2, -0.15) is 0 Å². The third kappa shape index (κ3) is 2.87. The quantitative estimate of drug-likeness (QED) is 0.847. The molecular weight excluding hydrogens is 332 g/mol. The summed E-state index contributed by atoms with van der Waals surface area (Å²) in [5.74, 6) is -0.370. The Bertz CT molecular complexity index is 818. The molecule has 0 radical (unpaired) electrons. The minimum Gasteiger partial charge on any atom is -0.340 e. The van der Waals surface area contributed by atoms with E-state index in [0.717, 1.165) is 41.6 Å². The number of imide groups is 1. The molecule has 2 fully saturated rings. The summed E-state index contributed by atoms with van der Waals surface area (Å²) in [7, 11) is 1.66. The van der Waals surface area contributed by atoms with E-state index >= 15 is 0 Å². The molecule has 2 atom stereocenters. The summed E-state index contributed by atoms with van der Waals surface area (Å²) in [5, 5.41) is 0. The Kier molecular flexibility index (Phi) is 4.22. The molecule has 2 aliphatic rings. The number of amides is 3. The van der Waals surface area contributed by atoms with Crippen LogP contribution in [0.3, 0.4) is 0 Å². The van der Waals surface area contributed by atoms with Gasteiger partial charge in [0.25, 0.3) is 0 Å². The van der Waals surface area contributed by atoms with Crippen molar-refractivity contribution in [2.45, 2.75) is 32.2 Å². The van der Waals surface area contributed by atoms with Gasteiger partial charge in [-0.1, -0.05) is 25.0 Å². The van der Waals surface area contributed by atoms with Crippen molar-refractivity contribution in [3.8, 4) is 0 Å². The van der Waals surface area contributed by atoms with E-state index in [1.54, 1.807) is 7.05 Å². The molecule has 26 heavy (non-hydrogen) atoms. The summed E-state index contributed by atoms with van der Waals surface area (Å²) >= 11 is 0. The van der Waals surface area contributed by atoms with Crippen molar-refractivity contribution >= 4 is 28.8 Å². The molecule has 136 valence electrons. The summed E-state index contributed by atoms with van der Waals surface area (Å²) in [6.07, 6.45) is 3.48. The normalized spacial score (nSPS) is 22.7. The SMILES string of the molecule is CN(Cc1nc2ccccc2[nH]1)C(=O)CN1C(=O)[C@@H]2CCCC[C@H]2C1=O. The Morgan fingerprint density at radius 3 is 2.50 bits per heavy atom. The minimum absolute atomic E-state index is 0.176. The summed E-state index contributed by atoms with van der Waals surface area (Å²) in [5.41, 5.74) is 1.76. The van der Waals surface area contributed by atoms with Gasteiger partial charge in [-0.15, -0.1) is 0 Å². The van der Waals surface area contributed by atoms with Gasteiger partial charge in [-0.3, -0.25) is 19.3 Å². The first kappa shape index (κ1) is 16.8. The van der Waals surface area contributed by atoms with E-state index in [4.69, 9.17) is 0 Å². The van der Waals surface area contributed by atoms with Gasteiger partial charge >= 0.3 is 0 Å². The molecule has 2 aromatic rings. The summed E-state index contributed by atoms with van der Waals surface area (Å²) in [4.78, 5) is 47.9. The van der Waals surface area contributed by atoms with Crippen molar-refractivity contribution in [2.24, 2.45) is 11.8 Å². The first-order valence-electron chi connectivity index (χ1n) is 9.07. The highest BCUT2D eigenvalue weighted by Gasteiger charge is 2.48. The highest BCUT2D eigenvalue weighted by atomic mass is 16.2. The van der Waals surface area contributed by atoms with Crippen molar-refractivity contribution in [1.29, 1.82) is 0 Å². The Balaban J connectivity index is 1.42. The lowest BCUT2D eigenvalue weighted by Gasteiger charge is -2.20. The van der Waals surface area contributed by atoms with Gasteiger partial charge in [0.15, 0.2) is 0 Å². The highest BCUT2D eigenvalue weighted by molar-refractivity contribution is 6.07. The zero-order valence-corrected chi connectivity index (χ0v) is 14.8. The molecule has 7 nitrogen and oxygen atoms in total. The van der Waals surface area contributed by atoms with Crippen molar-refractivity contribution in [2.75, 3.05) is 13.6 Å². The van der Waals surface area contributed by atoms with Crippen molar-refractivity contribution in [3.63, 3.8) is 0 Å². The van der Waals surface area contributed by atoms with Crippen LogP contribution in [0.2, 0.25) is 0 Å². The summed E-state index contributed by atoms with van der Waals surface area (Å²) in [6, 6.07) is 7.66. The van der Waals surface area contributed by atoms with Gasteiger partial charge in [0.1, 0.15) is 12.4 Å². The number of H-pyrrole nitrogens is 1. The number of nitrogens with zero attached hydrogens (tertiary/aromatic N) is 3. The fraction of sp³-hybridized carbons (Fsp3) is 0.474. The minimum atomic E-state index is -0.259. The molecule has 4 rings (SSSR count). The number of para-hydroxylation sites is 2. The number of likely N-dealkylation sites (N-methyl/N-ethyl adjacent to an activating group) is 1. The molecule has 0 bridgehead atoms. The summed E-state index contributed by atoms with van der Waals surface area (Å²) in [6.45, 7) is 0.123. The van der Waals surface area contributed by atoms with E-state index in [9.17, 15) is 14.4 Å². The zero-order valence-electron chi connectivity index (χ0n) is 14.8. The number of nitrogens with one attached hydrogen (secondary N) is 1. The van der Waals surface area contributed by atoms with E-state index in [2.05, 4.69) is 9.97 Å². The number of hydrogen-bond donors (Lipinski definition) is 1. The number of rotatable bonds is 4. The van der Waals surface area contributed by atoms with Gasteiger partial charge in [0, 0.05) is 7.05 Å². The van der Waals surface area contributed by atoms with Crippen molar-refractivity contribution in [3.05, 3.63) is 30.1 Å². The van der Waals surface area contributed by atoms with Crippen LogP contribution in [-0.2, 0) is 20.9 Å². The third-order valence-corrected chi connectivity index (χ3v) is 5.48. The standard InChI is InChI=1S/C19H22N4O3/c1-22(10-16-20-14-8-4-5-9-15(14)21-16)17(24)11-23-18(25)12-6-2-3-7-13(12)19(23)26/h4-5,8-9,12-13H,2-3,6-7,10-11H2,1H3,(H,20,21)/t12-,13-/m1/s1. The lowest BCUT2D eigenvalue weighted by atomic mass is 9.81. The molecule has 3 amide bonds. The van der Waals surface area contributed by atoms with Gasteiger partial charge in [0.2, 0.25) is 17.7 Å². The molecule has 1 aliphatic carbocycles. The number of aromatic nitrogens is 2. The van der Waals surface area contributed by atoms with Crippen LogP contribution in [0.25, 0.3) is 11.0 Å². The molecule has 2 heterocycles. The van der Waals surface area contributed by atoms with Crippen LogP contribution in [-0.4, -0.2) is 51.1 Å². The van der Waals surface area contributed by atoms with Gasteiger partial charge in [0.05, 0.1) is 29.4 Å². The monoisotopic (exact) mass is 354 g/mol. The van der Waals surface area contributed by atoms with Crippen LogP contribution in [0, 0.1) is 11.8 Å². The van der Waals surface area contributed by atoms with E-state index in [1.165, 1.54) is 4.90 Å². The number of carbonyl (C=O) groups excluding carboxylic acids is 3. The topological polar surface area (TPSA) is 86.4 Å². The number of imidazole rings is 1. The molecule has 0 unspecified atom stereocenters. The van der Waals surface area contributed by atoms with Gasteiger partial charge in [-0.25, -0.2) is 4.98 Å². The first-order valence-corrected chi connectivity index (χ1v) is 9.07. The molecule has 1 saturated heterocycles. The largest absolute Gasteiger partial charge is 0.340 e. The Morgan fingerprint density at radius 2 is 1.85 bits per heavy atom. The molecule has 1 aliphatic heterocycles. The second kappa shape index (κ2) is 6.55. The number of benzene rings is 1. The fourth-order valence-corrected chi connectivity index (χ4v) is 4.04. The van der Waals surface area contributed by atoms with Crippen LogP contribution in [0.15, 0.2) is 24.3 Å². The second-order valence-corrected chi connectivity index (χ2v) is 7.21. The average molecular weight is 354 g/mol. The maximum absolute atomic E-state index is 12.6. The van der Waals surface area contributed by atoms with Crippen LogP contribution in [0.4, 0.5) is 0 Å². The number of carbonyl (C=O) groups is 3. The van der Waals surface area contributed by atoms with E-state index in [0.29, 0.717) is 12.4 Å². The smallest absolute Gasteiger partial charge is 0.242 e. The molecule has 1 saturated carbocycles. The molecule has 1 aromatic carbocycles. The number of fused-ring (bicyclic) bond motifs is 2. The predicted octanol–water partition coefficient (Wildman–Crippen LogP) is 1.70. The maximum atomic E-state index is 12.6. The Hall–Kier alpha value is -2.70. The van der Waals surface area contributed by atoms with Gasteiger partial charge < -0.3 is 9.88 Å². The van der Waals surface area contributed by atoms with Crippen LogP contribution in [0.1, 0.15) is 31.5 Å². The van der Waals surface area contributed by atoms with Gasteiger partial charge in [-0.05, 0) is 25.0 Å². The second-order valence-electron chi connectivity index (χ2n) is 7.21. The molecule has 7 heteroatoms. The maximum Gasteiger partial charge on any atom is 0.242 e. The summed E-state index contributed by atoms with van der Waals surface area (Å²) < 4.78 is 0. The van der Waals surface area contributed by atoms with E-state index in [-0.39, 0.29) is 36.1 Å². The highest BCUT2D eigenvalue weighted by Crippen LogP contribution is 2.37.